The number of carboxylic acids is 1. The van der Waals surface area contributed by atoms with E-state index in [0.29, 0.717) is 15.6 Å². The molecule has 9 nitrogen and oxygen atoms in total. The molecule has 1 amide bonds. The van der Waals surface area contributed by atoms with E-state index in [9.17, 15) is 27.5 Å². The Morgan fingerprint density at radius 1 is 1.14 bits per heavy atom. The van der Waals surface area contributed by atoms with E-state index in [1.54, 1.807) is 6.07 Å². The maximum Gasteiger partial charge on any atom is 0.326 e. The van der Waals surface area contributed by atoms with Crippen LogP contribution < -0.4 is 10.0 Å². The summed E-state index contributed by atoms with van der Waals surface area (Å²) in [6.45, 7) is 0. The summed E-state index contributed by atoms with van der Waals surface area (Å²) in [5.74, 6) is -2.65. The van der Waals surface area contributed by atoms with Crippen LogP contribution in [-0.4, -0.2) is 40.8 Å². The van der Waals surface area contributed by atoms with Crippen molar-refractivity contribution in [1.82, 2.24) is 14.7 Å². The molecule has 0 aliphatic rings. The van der Waals surface area contributed by atoms with Crippen LogP contribution in [0.25, 0.3) is 10.1 Å². The first-order valence-electron chi connectivity index (χ1n) is 9.94. The SMILES string of the molecule is O=C(N[C@@H](Cc1ccc(F)cc1)C(=O)O)c1ccc(Cl)cc1NS(=O)(=O)c1nccc2sncc12. The van der Waals surface area contributed by atoms with Crippen LogP contribution in [0, 0.1) is 5.82 Å². The molecule has 0 radical (unpaired) electrons. The number of amides is 1. The van der Waals surface area contributed by atoms with Gasteiger partial charge in [-0.25, -0.2) is 14.2 Å². The van der Waals surface area contributed by atoms with Gasteiger partial charge in [-0.1, -0.05) is 23.7 Å². The average molecular weight is 535 g/mol. The second-order valence-corrected chi connectivity index (χ2v) is 10.2. The van der Waals surface area contributed by atoms with Crippen LogP contribution in [-0.2, 0) is 21.2 Å². The van der Waals surface area contributed by atoms with Crippen molar-refractivity contribution in [1.29, 1.82) is 0 Å². The third-order valence-electron chi connectivity index (χ3n) is 4.93. The second kappa shape index (κ2) is 9.94. The number of anilines is 1. The van der Waals surface area contributed by atoms with E-state index in [1.807, 2.05) is 0 Å². The van der Waals surface area contributed by atoms with Gasteiger partial charge in [0.05, 0.1) is 27.5 Å². The van der Waals surface area contributed by atoms with Crippen LogP contribution in [0.3, 0.4) is 0 Å². The van der Waals surface area contributed by atoms with Gasteiger partial charge in [-0.3, -0.25) is 9.52 Å². The number of nitrogens with one attached hydrogen (secondary N) is 2. The number of hydrogen-bond acceptors (Lipinski definition) is 7. The number of carbonyl (C=O) groups is 2. The predicted molar refractivity (Wildman–Crippen MR) is 129 cm³/mol. The lowest BCUT2D eigenvalue weighted by Crippen LogP contribution is -2.42. The van der Waals surface area contributed by atoms with Crippen LogP contribution in [0.2, 0.25) is 5.02 Å². The molecule has 1 atom stereocenters. The Hall–Kier alpha value is -3.61. The molecule has 0 fully saturated rings. The lowest BCUT2D eigenvalue weighted by Gasteiger charge is -2.17. The molecule has 0 bridgehead atoms. The molecule has 4 aromatic rings. The Balaban J connectivity index is 1.62. The maximum absolute atomic E-state index is 13.2. The molecule has 13 heteroatoms. The highest BCUT2D eigenvalue weighted by Crippen LogP contribution is 2.28. The Kier molecular flexibility index (Phi) is 6.96. The van der Waals surface area contributed by atoms with Gasteiger partial charge in [0.15, 0.2) is 5.03 Å². The number of aromatic nitrogens is 2. The lowest BCUT2D eigenvalue weighted by atomic mass is 10.0. The van der Waals surface area contributed by atoms with Gasteiger partial charge in [0.25, 0.3) is 15.9 Å². The Labute approximate surface area is 207 Å². The van der Waals surface area contributed by atoms with Crippen LogP contribution in [0.4, 0.5) is 10.1 Å². The molecule has 35 heavy (non-hydrogen) atoms. The molecular formula is C22H16ClFN4O5S2. The van der Waals surface area contributed by atoms with Crippen molar-refractivity contribution in [3.63, 3.8) is 0 Å². The largest absolute Gasteiger partial charge is 0.480 e. The minimum Gasteiger partial charge on any atom is -0.480 e. The molecule has 2 heterocycles. The molecule has 2 aromatic heterocycles. The van der Waals surface area contributed by atoms with Gasteiger partial charge in [0.1, 0.15) is 11.9 Å². The molecule has 3 N–H and O–H groups in total. The molecule has 0 aliphatic heterocycles. The fraction of sp³-hybridized carbons (Fsp3) is 0.0909. The van der Waals surface area contributed by atoms with Gasteiger partial charge < -0.3 is 10.4 Å². The highest BCUT2D eigenvalue weighted by atomic mass is 35.5. The van der Waals surface area contributed by atoms with Gasteiger partial charge in [-0.05, 0) is 53.5 Å². The number of benzene rings is 2. The maximum atomic E-state index is 13.2. The fourth-order valence-corrected chi connectivity index (χ4v) is 5.35. The normalized spacial score (nSPS) is 12.3. The number of fused-ring (bicyclic) bond motifs is 1. The average Bonchev–Trinajstić information content (AvgIpc) is 3.28. The number of nitrogens with zero attached hydrogens (tertiary/aromatic N) is 2. The van der Waals surface area contributed by atoms with Crippen molar-refractivity contribution in [2.45, 2.75) is 17.5 Å². The summed E-state index contributed by atoms with van der Waals surface area (Å²) in [5.41, 5.74) is 0.168. The van der Waals surface area contributed by atoms with E-state index in [1.165, 1.54) is 54.9 Å². The van der Waals surface area contributed by atoms with Gasteiger partial charge in [0, 0.05) is 17.6 Å². The summed E-state index contributed by atoms with van der Waals surface area (Å²) >= 11 is 7.14. The minimum absolute atomic E-state index is 0.118. The number of rotatable bonds is 8. The van der Waals surface area contributed by atoms with Crippen LogP contribution in [0.15, 0.2) is 66.0 Å². The van der Waals surface area contributed by atoms with Gasteiger partial charge in [-0.2, -0.15) is 12.8 Å². The van der Waals surface area contributed by atoms with Crippen LogP contribution in [0.1, 0.15) is 15.9 Å². The van der Waals surface area contributed by atoms with Crippen molar-refractivity contribution in [3.05, 3.63) is 82.9 Å². The van der Waals surface area contributed by atoms with Crippen LogP contribution in [0.5, 0.6) is 0 Å². The summed E-state index contributed by atoms with van der Waals surface area (Å²) in [6.07, 6.45) is 2.58. The van der Waals surface area contributed by atoms with Gasteiger partial charge >= 0.3 is 5.97 Å². The van der Waals surface area contributed by atoms with Crippen molar-refractivity contribution >= 4 is 60.8 Å². The van der Waals surface area contributed by atoms with E-state index in [0.717, 1.165) is 11.5 Å². The zero-order valence-corrected chi connectivity index (χ0v) is 20.0. The lowest BCUT2D eigenvalue weighted by molar-refractivity contribution is -0.139. The molecule has 4 rings (SSSR count). The Morgan fingerprint density at radius 2 is 1.89 bits per heavy atom. The highest BCUT2D eigenvalue weighted by Gasteiger charge is 2.26. The smallest absolute Gasteiger partial charge is 0.326 e. The first-order valence-corrected chi connectivity index (χ1v) is 12.6. The summed E-state index contributed by atoms with van der Waals surface area (Å²) in [7, 11) is -4.26. The number of sulfonamides is 1. The molecule has 180 valence electrons. The quantitative estimate of drug-likeness (QED) is 0.313. The highest BCUT2D eigenvalue weighted by molar-refractivity contribution is 7.92. The fourth-order valence-electron chi connectivity index (χ4n) is 3.27. The number of carboxylic acid groups (broad SMARTS) is 1. The number of hydrogen-bond donors (Lipinski definition) is 3. The topological polar surface area (TPSA) is 138 Å². The molecule has 0 saturated heterocycles. The van der Waals surface area contributed by atoms with Crippen molar-refractivity contribution in [2.75, 3.05) is 4.72 Å². The van der Waals surface area contributed by atoms with E-state index in [2.05, 4.69) is 19.4 Å². The van der Waals surface area contributed by atoms with E-state index in [4.69, 9.17) is 11.6 Å². The zero-order chi connectivity index (χ0) is 25.2. The summed E-state index contributed by atoms with van der Waals surface area (Å²) in [4.78, 5) is 28.7. The summed E-state index contributed by atoms with van der Waals surface area (Å²) in [6, 6.07) is 9.31. The van der Waals surface area contributed by atoms with Gasteiger partial charge in [-0.15, -0.1) is 0 Å². The number of carbonyl (C=O) groups excluding carboxylic acids is 1. The van der Waals surface area contributed by atoms with Gasteiger partial charge in [0.2, 0.25) is 0 Å². The van der Waals surface area contributed by atoms with E-state index >= 15 is 0 Å². The molecule has 0 unspecified atom stereocenters. The van der Waals surface area contributed by atoms with Crippen molar-refractivity contribution in [2.24, 2.45) is 0 Å². The standard InChI is InChI=1S/C22H16ClFN4O5S2/c23-13-3-6-15(20(29)27-18(22(30)31)9-12-1-4-14(24)5-2-12)17(10-13)28-35(32,33)21-16-11-26-34-19(16)7-8-25-21/h1-8,10-11,18,28H,9H2,(H,27,29)(H,30,31)/t18-/m0/s1. The predicted octanol–water partition coefficient (Wildman–Crippen LogP) is 3.71. The first-order chi connectivity index (χ1) is 16.6. The summed E-state index contributed by atoms with van der Waals surface area (Å²) in [5, 5.41) is 12.1. The number of halogens is 2. The van der Waals surface area contributed by atoms with E-state index in [-0.39, 0.29) is 27.7 Å². The zero-order valence-electron chi connectivity index (χ0n) is 17.6. The van der Waals surface area contributed by atoms with Crippen molar-refractivity contribution < 1.29 is 27.5 Å². The molecule has 0 aliphatic carbocycles. The second-order valence-electron chi connectivity index (χ2n) is 7.34. The van der Waals surface area contributed by atoms with Crippen LogP contribution >= 0.6 is 23.1 Å². The molecule has 2 aromatic carbocycles. The third-order valence-corrected chi connectivity index (χ3v) is 7.25. The molecular weight excluding hydrogens is 519 g/mol. The Morgan fingerprint density at radius 3 is 2.60 bits per heavy atom. The minimum atomic E-state index is -4.26. The number of pyridine rings is 1. The molecule has 0 spiro atoms. The van der Waals surface area contributed by atoms with E-state index < -0.39 is 33.8 Å². The number of aliphatic carboxylic acids is 1. The third kappa shape index (κ3) is 5.56. The van der Waals surface area contributed by atoms with Crippen molar-refractivity contribution in [3.8, 4) is 0 Å². The monoisotopic (exact) mass is 534 g/mol. The molecule has 0 saturated carbocycles. The Bertz CT molecular complexity index is 1530. The first kappa shape index (κ1) is 24.5. The summed E-state index contributed by atoms with van der Waals surface area (Å²) < 4.78 is 46.3.